The molecule has 1 unspecified atom stereocenters. The zero-order valence-corrected chi connectivity index (χ0v) is 14.8. The van der Waals surface area contributed by atoms with Gasteiger partial charge in [0.05, 0.1) is 48.3 Å². The molecule has 0 spiro atoms. The van der Waals surface area contributed by atoms with Crippen molar-refractivity contribution < 1.29 is 14.6 Å². The monoisotopic (exact) mass is 378 g/mol. The number of carboxylic acid groups (broad SMARTS) is 1. The van der Waals surface area contributed by atoms with Gasteiger partial charge < -0.3 is 20.2 Å². The molecular weight excluding hydrogens is 360 g/mol. The van der Waals surface area contributed by atoms with E-state index < -0.39 is 12.1 Å². The Balaban J connectivity index is 1.94. The van der Waals surface area contributed by atoms with Crippen LogP contribution < -0.4 is 15.9 Å². The van der Waals surface area contributed by atoms with Crippen molar-refractivity contribution in [1.29, 1.82) is 0 Å². The first-order valence-corrected chi connectivity index (χ1v) is 8.97. The van der Waals surface area contributed by atoms with E-state index in [1.165, 1.54) is 4.68 Å². The number of rotatable bonds is 4. The van der Waals surface area contributed by atoms with Gasteiger partial charge in [-0.15, -0.1) is 0 Å². The average molecular weight is 379 g/mol. The molecule has 138 valence electrons. The lowest BCUT2D eigenvalue weighted by atomic mass is 10.1. The van der Waals surface area contributed by atoms with Crippen molar-refractivity contribution in [2.75, 3.05) is 31.3 Å². The summed E-state index contributed by atoms with van der Waals surface area (Å²) in [7, 11) is 0. The summed E-state index contributed by atoms with van der Waals surface area (Å²) >= 11 is 6.26. The van der Waals surface area contributed by atoms with E-state index in [2.05, 4.69) is 10.3 Å². The fourth-order valence-electron chi connectivity index (χ4n) is 3.38. The molecule has 2 fully saturated rings. The van der Waals surface area contributed by atoms with E-state index in [4.69, 9.17) is 16.3 Å². The highest BCUT2D eigenvalue weighted by Gasteiger charge is 2.38. The lowest BCUT2D eigenvalue weighted by molar-refractivity contribution is 0.109. The molecule has 0 radical (unpaired) electrons. The molecule has 26 heavy (non-hydrogen) atoms. The molecule has 1 saturated carbocycles. The minimum atomic E-state index is -1.13. The van der Waals surface area contributed by atoms with Crippen molar-refractivity contribution in [3.05, 3.63) is 39.4 Å². The molecule has 1 aromatic heterocycles. The van der Waals surface area contributed by atoms with Gasteiger partial charge in [0.15, 0.2) is 5.82 Å². The van der Waals surface area contributed by atoms with Crippen LogP contribution in [0.2, 0.25) is 5.02 Å². The van der Waals surface area contributed by atoms with Gasteiger partial charge in [0, 0.05) is 0 Å². The second kappa shape index (κ2) is 6.77. The number of amides is 1. The summed E-state index contributed by atoms with van der Waals surface area (Å²) in [5.74, 6) is 0.554. The third kappa shape index (κ3) is 3.10. The standard InChI is InChI=1S/C17H19ClN4O4/c18-11-2-1-3-12-13(11)16(23)22(21-6-8-26-9-7-21)15(19-12)14(10-4-5-10)20-17(24)25/h1-3,10,14,20H,4-9H2,(H,24,25). The van der Waals surface area contributed by atoms with Crippen molar-refractivity contribution in [1.82, 2.24) is 15.0 Å². The van der Waals surface area contributed by atoms with E-state index in [0.717, 1.165) is 12.8 Å². The molecule has 1 amide bonds. The summed E-state index contributed by atoms with van der Waals surface area (Å²) in [6, 6.07) is 4.58. The van der Waals surface area contributed by atoms with E-state index in [9.17, 15) is 14.7 Å². The minimum Gasteiger partial charge on any atom is -0.465 e. The number of hydrogen-bond acceptors (Lipinski definition) is 5. The van der Waals surface area contributed by atoms with Gasteiger partial charge in [0.1, 0.15) is 0 Å². The second-order valence-electron chi connectivity index (χ2n) is 6.55. The number of hydrogen-bond donors (Lipinski definition) is 2. The lowest BCUT2D eigenvalue weighted by Crippen LogP contribution is -2.51. The van der Waals surface area contributed by atoms with Gasteiger partial charge in [0.25, 0.3) is 5.56 Å². The van der Waals surface area contributed by atoms with Crippen molar-refractivity contribution in [3.63, 3.8) is 0 Å². The Bertz CT molecular complexity index is 906. The number of halogens is 1. The van der Waals surface area contributed by atoms with E-state index in [0.29, 0.717) is 48.1 Å². The molecule has 1 saturated heterocycles. The molecule has 1 aromatic carbocycles. The Hall–Kier alpha value is -2.32. The molecule has 9 heteroatoms. The fourth-order valence-corrected chi connectivity index (χ4v) is 3.63. The summed E-state index contributed by atoms with van der Waals surface area (Å²) in [5.41, 5.74) is 0.190. The number of fused-ring (bicyclic) bond motifs is 1. The summed E-state index contributed by atoms with van der Waals surface area (Å²) < 4.78 is 6.88. The highest BCUT2D eigenvalue weighted by molar-refractivity contribution is 6.35. The average Bonchev–Trinajstić information content (AvgIpc) is 3.45. The van der Waals surface area contributed by atoms with Crippen LogP contribution in [0.3, 0.4) is 0 Å². The predicted molar refractivity (Wildman–Crippen MR) is 96.4 cm³/mol. The first-order valence-electron chi connectivity index (χ1n) is 8.60. The van der Waals surface area contributed by atoms with Crippen LogP contribution in [-0.4, -0.2) is 47.2 Å². The van der Waals surface area contributed by atoms with Gasteiger partial charge in [-0.25, -0.2) is 14.5 Å². The van der Waals surface area contributed by atoms with Crippen LogP contribution in [0.15, 0.2) is 23.0 Å². The third-order valence-electron chi connectivity index (χ3n) is 4.77. The molecule has 2 N–H and O–H groups in total. The van der Waals surface area contributed by atoms with E-state index in [-0.39, 0.29) is 11.5 Å². The second-order valence-corrected chi connectivity index (χ2v) is 6.96. The van der Waals surface area contributed by atoms with Gasteiger partial charge in [-0.3, -0.25) is 4.79 Å². The Labute approximate surface area is 154 Å². The number of morpholine rings is 1. The molecule has 1 atom stereocenters. The Morgan fingerprint density at radius 3 is 2.73 bits per heavy atom. The normalized spacial score (nSPS) is 18.7. The van der Waals surface area contributed by atoms with Gasteiger partial charge in [-0.05, 0) is 30.9 Å². The lowest BCUT2D eigenvalue weighted by Gasteiger charge is -2.33. The van der Waals surface area contributed by atoms with Crippen LogP contribution in [0, 0.1) is 5.92 Å². The Morgan fingerprint density at radius 2 is 2.08 bits per heavy atom. The Morgan fingerprint density at radius 1 is 1.35 bits per heavy atom. The molecular formula is C17H19ClN4O4. The van der Waals surface area contributed by atoms with Gasteiger partial charge in [0.2, 0.25) is 0 Å². The van der Waals surface area contributed by atoms with Crippen molar-refractivity contribution in [2.45, 2.75) is 18.9 Å². The minimum absolute atomic E-state index is 0.141. The summed E-state index contributed by atoms with van der Waals surface area (Å²) in [6.07, 6.45) is 0.672. The van der Waals surface area contributed by atoms with Crippen LogP contribution in [0.1, 0.15) is 24.7 Å². The van der Waals surface area contributed by atoms with E-state index in [1.54, 1.807) is 18.2 Å². The highest BCUT2D eigenvalue weighted by Crippen LogP contribution is 2.40. The molecule has 4 rings (SSSR count). The summed E-state index contributed by atoms with van der Waals surface area (Å²) in [5, 5.41) is 14.4. The predicted octanol–water partition coefficient (Wildman–Crippen LogP) is 1.74. The third-order valence-corrected chi connectivity index (χ3v) is 5.09. The van der Waals surface area contributed by atoms with E-state index in [1.807, 2.05) is 5.01 Å². The number of ether oxygens (including phenoxy) is 1. The zero-order valence-electron chi connectivity index (χ0n) is 14.0. The van der Waals surface area contributed by atoms with Crippen molar-refractivity contribution in [3.8, 4) is 0 Å². The van der Waals surface area contributed by atoms with Crippen LogP contribution in [0.25, 0.3) is 10.9 Å². The van der Waals surface area contributed by atoms with Crippen LogP contribution in [0.4, 0.5) is 4.79 Å². The SMILES string of the molecule is O=C(O)NC(c1nc2cccc(Cl)c2c(=O)n1N1CCOCC1)C1CC1. The van der Waals surface area contributed by atoms with Gasteiger partial charge in [-0.2, -0.15) is 0 Å². The fraction of sp³-hybridized carbons (Fsp3) is 0.471. The van der Waals surface area contributed by atoms with Gasteiger partial charge in [-0.1, -0.05) is 17.7 Å². The smallest absolute Gasteiger partial charge is 0.405 e. The maximum atomic E-state index is 13.3. The highest BCUT2D eigenvalue weighted by atomic mass is 35.5. The quantitative estimate of drug-likeness (QED) is 0.841. The van der Waals surface area contributed by atoms with Crippen molar-refractivity contribution in [2.24, 2.45) is 5.92 Å². The first-order chi connectivity index (χ1) is 12.6. The molecule has 8 nitrogen and oxygen atoms in total. The number of nitrogens with one attached hydrogen (secondary N) is 1. The number of carbonyl (C=O) groups is 1. The van der Waals surface area contributed by atoms with Crippen LogP contribution in [-0.2, 0) is 4.74 Å². The summed E-state index contributed by atoms with van der Waals surface area (Å²) in [6.45, 7) is 2.03. The number of benzene rings is 1. The maximum Gasteiger partial charge on any atom is 0.405 e. The number of aromatic nitrogens is 2. The molecule has 1 aliphatic heterocycles. The van der Waals surface area contributed by atoms with Crippen LogP contribution >= 0.6 is 11.6 Å². The largest absolute Gasteiger partial charge is 0.465 e. The molecule has 2 heterocycles. The molecule has 2 aromatic rings. The number of nitrogens with zero attached hydrogens (tertiary/aromatic N) is 3. The molecule has 2 aliphatic rings. The Kier molecular flexibility index (Phi) is 4.46. The van der Waals surface area contributed by atoms with E-state index >= 15 is 0 Å². The topological polar surface area (TPSA) is 96.7 Å². The van der Waals surface area contributed by atoms with Crippen molar-refractivity contribution >= 4 is 28.6 Å². The summed E-state index contributed by atoms with van der Waals surface area (Å²) in [4.78, 5) is 29.3. The maximum absolute atomic E-state index is 13.3. The van der Waals surface area contributed by atoms with Gasteiger partial charge >= 0.3 is 6.09 Å². The van der Waals surface area contributed by atoms with Crippen LogP contribution in [0.5, 0.6) is 0 Å². The first kappa shape index (κ1) is 17.1. The zero-order chi connectivity index (χ0) is 18.3. The molecule has 0 bridgehead atoms. The molecule has 1 aliphatic carbocycles.